The molecule has 2 aliphatic carbocycles. The molecule has 3 saturated heterocycles. The number of hydrogen-bond donors (Lipinski definition) is 2. The van der Waals surface area contributed by atoms with Gasteiger partial charge in [-0.1, -0.05) is 18.2 Å². The third-order valence-corrected chi connectivity index (χ3v) is 12.9. The average Bonchev–Trinajstić information content (AvgIpc) is 3.51. The maximum absolute atomic E-state index is 11.3. The first kappa shape index (κ1) is 31.7. The minimum atomic E-state index is -0.753. The molecule has 5 fully saturated rings. The molecule has 262 valence electrons. The number of carboxylic acid groups (broad SMARTS) is 1. The van der Waals surface area contributed by atoms with Crippen molar-refractivity contribution >= 4 is 22.9 Å². The number of ether oxygens (including phenoxy) is 1. The van der Waals surface area contributed by atoms with Crippen LogP contribution in [0.2, 0.25) is 0 Å². The molecule has 0 unspecified atom stereocenters. The number of hydrogen-bond acceptors (Lipinski definition) is 8. The first-order valence-electron chi connectivity index (χ1n) is 18.6. The van der Waals surface area contributed by atoms with Gasteiger partial charge < -0.3 is 25.4 Å². The van der Waals surface area contributed by atoms with Gasteiger partial charge in [-0.25, -0.2) is 19.4 Å². The zero-order valence-corrected chi connectivity index (χ0v) is 28.8. The quantitative estimate of drug-likeness (QED) is 0.230. The number of para-hydroxylation sites is 1. The summed E-state index contributed by atoms with van der Waals surface area (Å²) in [4.78, 5) is 27.4. The van der Waals surface area contributed by atoms with Gasteiger partial charge in [0.2, 0.25) is 0 Å². The van der Waals surface area contributed by atoms with Gasteiger partial charge in [-0.3, -0.25) is 4.90 Å². The first-order valence-corrected chi connectivity index (χ1v) is 18.6. The molecular formula is C39H48N8O3. The predicted molar refractivity (Wildman–Crippen MR) is 192 cm³/mol. The van der Waals surface area contributed by atoms with E-state index in [0.29, 0.717) is 23.3 Å². The Morgan fingerprint density at radius 3 is 1.98 bits per heavy atom. The summed E-state index contributed by atoms with van der Waals surface area (Å²) in [5, 5.41) is 15.2. The molecule has 4 aromatic rings. The van der Waals surface area contributed by atoms with E-state index in [1.54, 1.807) is 11.2 Å². The van der Waals surface area contributed by atoms with E-state index in [0.717, 1.165) is 72.8 Å². The lowest BCUT2D eigenvalue weighted by Gasteiger charge is -2.59. The molecular weight excluding hydrogens is 628 g/mol. The van der Waals surface area contributed by atoms with Crippen LogP contribution >= 0.6 is 0 Å². The minimum Gasteiger partial charge on any atom is -0.465 e. The summed E-state index contributed by atoms with van der Waals surface area (Å²) >= 11 is 0. The van der Waals surface area contributed by atoms with Gasteiger partial charge in [0.05, 0.1) is 11.4 Å². The second-order valence-corrected chi connectivity index (χ2v) is 16.0. The second kappa shape index (κ2) is 12.5. The van der Waals surface area contributed by atoms with E-state index in [9.17, 15) is 9.90 Å². The van der Waals surface area contributed by atoms with Crippen LogP contribution in [-0.4, -0.2) is 97.0 Å². The molecule has 0 bridgehead atoms. The molecule has 50 heavy (non-hydrogen) atoms. The van der Waals surface area contributed by atoms with Crippen molar-refractivity contribution in [2.45, 2.75) is 82.3 Å². The molecule has 5 aliphatic rings. The van der Waals surface area contributed by atoms with Crippen LogP contribution in [0, 0.1) is 10.8 Å². The van der Waals surface area contributed by atoms with Crippen LogP contribution in [0.3, 0.4) is 0 Å². The van der Waals surface area contributed by atoms with E-state index in [1.807, 2.05) is 54.6 Å². The fourth-order valence-corrected chi connectivity index (χ4v) is 10.0. The zero-order chi connectivity index (χ0) is 33.9. The molecule has 5 heterocycles. The van der Waals surface area contributed by atoms with Crippen molar-refractivity contribution in [3.63, 3.8) is 0 Å². The van der Waals surface area contributed by atoms with Gasteiger partial charge in [-0.15, -0.1) is 0 Å². The number of fused-ring (bicyclic) bond motifs is 1. The fourth-order valence-electron chi connectivity index (χ4n) is 10.0. The lowest BCUT2D eigenvalue weighted by Crippen LogP contribution is -2.64. The van der Waals surface area contributed by atoms with Crippen molar-refractivity contribution in [3.8, 4) is 22.8 Å². The number of aromatic nitrogens is 4. The second-order valence-electron chi connectivity index (χ2n) is 16.0. The lowest BCUT2D eigenvalue weighted by molar-refractivity contribution is -0.0961. The van der Waals surface area contributed by atoms with Gasteiger partial charge in [0.1, 0.15) is 29.3 Å². The van der Waals surface area contributed by atoms with E-state index in [2.05, 4.69) is 24.4 Å². The number of rotatable bonds is 6. The van der Waals surface area contributed by atoms with Crippen molar-refractivity contribution in [2.24, 2.45) is 10.8 Å². The van der Waals surface area contributed by atoms with E-state index in [1.165, 1.54) is 64.5 Å². The molecule has 1 amide bonds. The lowest BCUT2D eigenvalue weighted by atomic mass is 9.64. The van der Waals surface area contributed by atoms with Gasteiger partial charge in [0, 0.05) is 62.3 Å². The average molecular weight is 677 g/mol. The maximum Gasteiger partial charge on any atom is 0.407 e. The highest BCUT2D eigenvalue weighted by Gasteiger charge is 2.52. The Balaban J connectivity index is 0.789. The summed E-state index contributed by atoms with van der Waals surface area (Å²) in [6, 6.07) is 19.5. The molecule has 11 nitrogen and oxygen atoms in total. The molecule has 3 aliphatic heterocycles. The SMILES string of the molecule is Nc1ncnc2c1c(-c1ccc(Oc3ccccc3)cc1)nn2C1CCN(C2CCC3(CC2)CN(C2CCC4(CC2)CN(C(=O)O)C4)C3)CC1. The number of nitrogen functional groups attached to an aromatic ring is 1. The molecule has 11 heteroatoms. The Bertz CT molecular complexity index is 1820. The normalized spacial score (nSPS) is 24.3. The number of piperidine rings is 1. The van der Waals surface area contributed by atoms with Crippen LogP contribution in [0.25, 0.3) is 22.3 Å². The van der Waals surface area contributed by atoms with Crippen LogP contribution in [-0.2, 0) is 0 Å². The smallest absolute Gasteiger partial charge is 0.407 e. The first-order chi connectivity index (χ1) is 24.4. The maximum atomic E-state index is 11.3. The Kier molecular flexibility index (Phi) is 7.95. The van der Waals surface area contributed by atoms with Gasteiger partial charge in [0.25, 0.3) is 0 Å². The molecule has 2 aromatic heterocycles. The molecule has 0 atom stereocenters. The van der Waals surface area contributed by atoms with Crippen LogP contribution in [0.15, 0.2) is 60.9 Å². The number of carbonyl (C=O) groups is 1. The third kappa shape index (κ3) is 5.78. The van der Waals surface area contributed by atoms with Crippen LogP contribution < -0.4 is 10.5 Å². The number of amides is 1. The highest BCUT2D eigenvalue weighted by atomic mass is 16.5. The molecule has 3 N–H and O–H groups in total. The summed E-state index contributed by atoms with van der Waals surface area (Å²) in [5.41, 5.74) is 9.86. The van der Waals surface area contributed by atoms with Gasteiger partial charge in [-0.05, 0) is 106 Å². The van der Waals surface area contributed by atoms with Gasteiger partial charge >= 0.3 is 6.09 Å². The summed E-state index contributed by atoms with van der Waals surface area (Å²) in [6.07, 6.45) is 13.1. The Morgan fingerprint density at radius 2 is 1.34 bits per heavy atom. The number of nitrogens with zero attached hydrogens (tertiary/aromatic N) is 7. The molecule has 2 saturated carbocycles. The highest BCUT2D eigenvalue weighted by Crippen LogP contribution is 2.50. The van der Waals surface area contributed by atoms with Crippen LogP contribution in [0.1, 0.15) is 70.3 Å². The number of likely N-dealkylation sites (tertiary alicyclic amines) is 3. The Hall–Kier alpha value is -4.22. The number of benzene rings is 2. The van der Waals surface area contributed by atoms with Crippen molar-refractivity contribution in [1.82, 2.24) is 34.4 Å². The van der Waals surface area contributed by atoms with Gasteiger partial charge in [-0.2, -0.15) is 5.10 Å². The minimum absolute atomic E-state index is 0.273. The molecule has 9 rings (SSSR count). The van der Waals surface area contributed by atoms with Crippen LogP contribution in [0.5, 0.6) is 11.5 Å². The Labute approximate surface area is 293 Å². The number of anilines is 1. The fraction of sp³-hybridized carbons (Fsp3) is 0.538. The monoisotopic (exact) mass is 676 g/mol. The van der Waals surface area contributed by atoms with Crippen molar-refractivity contribution in [1.29, 1.82) is 0 Å². The predicted octanol–water partition coefficient (Wildman–Crippen LogP) is 6.67. The zero-order valence-electron chi connectivity index (χ0n) is 28.8. The summed E-state index contributed by atoms with van der Waals surface area (Å²) in [7, 11) is 0. The Morgan fingerprint density at radius 1 is 0.740 bits per heavy atom. The topological polar surface area (TPSA) is 126 Å². The summed E-state index contributed by atoms with van der Waals surface area (Å²) in [5.74, 6) is 2.03. The van der Waals surface area contributed by atoms with E-state index < -0.39 is 6.09 Å². The van der Waals surface area contributed by atoms with Crippen molar-refractivity contribution < 1.29 is 14.6 Å². The van der Waals surface area contributed by atoms with E-state index in [-0.39, 0.29) is 11.5 Å². The number of nitrogens with two attached hydrogens (primary N) is 1. The van der Waals surface area contributed by atoms with E-state index >= 15 is 0 Å². The summed E-state index contributed by atoms with van der Waals surface area (Å²) in [6.45, 7) is 6.20. The van der Waals surface area contributed by atoms with Crippen LogP contribution in [0.4, 0.5) is 10.6 Å². The van der Waals surface area contributed by atoms with Crippen molar-refractivity contribution in [2.75, 3.05) is 45.0 Å². The summed E-state index contributed by atoms with van der Waals surface area (Å²) < 4.78 is 8.13. The molecule has 0 radical (unpaired) electrons. The van der Waals surface area contributed by atoms with Crippen molar-refractivity contribution in [3.05, 3.63) is 60.9 Å². The largest absolute Gasteiger partial charge is 0.465 e. The molecule has 2 aromatic carbocycles. The van der Waals surface area contributed by atoms with E-state index in [4.69, 9.17) is 15.6 Å². The third-order valence-electron chi connectivity index (χ3n) is 12.9. The molecule has 2 spiro atoms. The highest BCUT2D eigenvalue weighted by molar-refractivity contribution is 5.98. The van der Waals surface area contributed by atoms with Gasteiger partial charge in [0.15, 0.2) is 5.65 Å². The standard InChI is InChI=1S/C39H48N8O3/c40-35-33-34(27-6-8-32(9-7-27)50-31-4-2-1-3-5-31)43-47(36(33)42-26-41-35)30-14-20-44(21-15-30)28-10-16-38(17-11-28)22-45(23-38)29-12-18-39(19-13-29)24-46(25-39)37(48)49/h1-9,26,28-30H,10-25H2,(H,48,49)(H2,40,41,42).